The van der Waals surface area contributed by atoms with E-state index < -0.39 is 28.0 Å². The van der Waals surface area contributed by atoms with Crippen LogP contribution in [0.3, 0.4) is 0 Å². The number of carbonyl (C=O) groups excluding carboxylic acids is 1. The number of para-hydroxylation sites is 1. The molecule has 0 radical (unpaired) electrons. The van der Waals surface area contributed by atoms with E-state index in [-0.39, 0.29) is 28.3 Å². The Bertz CT molecular complexity index is 977. The van der Waals surface area contributed by atoms with Crippen LogP contribution in [0.25, 0.3) is 0 Å². The summed E-state index contributed by atoms with van der Waals surface area (Å²) in [6.45, 7) is -0.228. The van der Waals surface area contributed by atoms with Crippen LogP contribution in [-0.4, -0.2) is 39.7 Å². The predicted octanol–water partition coefficient (Wildman–Crippen LogP) is 2.51. The third-order valence-electron chi connectivity index (χ3n) is 3.68. The number of nitrogens with two attached hydrogens (primary N) is 1. The number of hydrogen-bond donors (Lipinski definition) is 1. The van der Waals surface area contributed by atoms with Gasteiger partial charge in [0, 0.05) is 19.2 Å². The lowest BCUT2D eigenvalue weighted by Crippen LogP contribution is -2.28. The minimum absolute atomic E-state index is 0.0871. The van der Waals surface area contributed by atoms with Gasteiger partial charge in [-0.3, -0.25) is 4.79 Å². The monoisotopic (exact) mass is 418 g/mol. The first kappa shape index (κ1) is 21.5. The van der Waals surface area contributed by atoms with Crippen LogP contribution < -0.4 is 14.6 Å². The molecule has 0 unspecified atom stereocenters. The Balaban J connectivity index is 2.34. The van der Waals surface area contributed by atoms with Gasteiger partial charge in [-0.05, 0) is 24.3 Å². The molecule has 0 saturated heterocycles. The Kier molecular flexibility index (Phi) is 6.20. The fourth-order valence-corrected chi connectivity index (χ4v) is 2.96. The van der Waals surface area contributed by atoms with Crippen molar-refractivity contribution in [2.75, 3.05) is 14.2 Å². The molecule has 0 aliphatic carbocycles. The molecule has 0 bridgehead atoms. The largest absolute Gasteiger partial charge is 0.573 e. The SMILES string of the molecule is COc1ccc(S(N)(=O)=O)cc1C(=O)N(C)Cc1ccccc1OC(F)(F)F. The van der Waals surface area contributed by atoms with E-state index >= 15 is 0 Å². The maximum Gasteiger partial charge on any atom is 0.573 e. The van der Waals surface area contributed by atoms with Crippen LogP contribution >= 0.6 is 0 Å². The van der Waals surface area contributed by atoms with E-state index in [2.05, 4.69) is 4.74 Å². The molecule has 11 heteroatoms. The second-order valence-electron chi connectivity index (χ2n) is 5.72. The summed E-state index contributed by atoms with van der Waals surface area (Å²) in [4.78, 5) is 13.6. The quantitative estimate of drug-likeness (QED) is 0.777. The summed E-state index contributed by atoms with van der Waals surface area (Å²) in [5, 5.41) is 5.08. The number of alkyl halides is 3. The topological polar surface area (TPSA) is 98.9 Å². The molecule has 2 aromatic carbocycles. The van der Waals surface area contributed by atoms with Crippen LogP contribution in [0.4, 0.5) is 13.2 Å². The normalized spacial score (nSPS) is 11.8. The van der Waals surface area contributed by atoms with Gasteiger partial charge in [-0.15, -0.1) is 13.2 Å². The first-order chi connectivity index (χ1) is 12.9. The first-order valence-electron chi connectivity index (χ1n) is 7.72. The Morgan fingerprint density at radius 1 is 1.14 bits per heavy atom. The lowest BCUT2D eigenvalue weighted by molar-refractivity contribution is -0.275. The summed E-state index contributed by atoms with van der Waals surface area (Å²) in [5.41, 5.74) is 0.00277. The standard InChI is InChI=1S/C17H17F3N2O5S/c1-22(10-11-5-3-4-6-14(11)27-17(18,19)20)16(23)13-9-12(28(21,24)25)7-8-15(13)26-2/h3-9H,10H2,1-2H3,(H2,21,24,25). The second-order valence-corrected chi connectivity index (χ2v) is 7.29. The van der Waals surface area contributed by atoms with Gasteiger partial charge in [0.1, 0.15) is 11.5 Å². The summed E-state index contributed by atoms with van der Waals surface area (Å²) in [5.74, 6) is -1.03. The maximum absolute atomic E-state index is 12.8. The third kappa shape index (κ3) is 5.36. The van der Waals surface area contributed by atoms with Gasteiger partial charge in [-0.2, -0.15) is 0 Å². The van der Waals surface area contributed by atoms with Gasteiger partial charge in [-0.1, -0.05) is 18.2 Å². The van der Waals surface area contributed by atoms with E-state index in [1.807, 2.05) is 0 Å². The van der Waals surface area contributed by atoms with Gasteiger partial charge < -0.3 is 14.4 Å². The van der Waals surface area contributed by atoms with Crippen molar-refractivity contribution in [3.05, 3.63) is 53.6 Å². The van der Waals surface area contributed by atoms with Crippen LogP contribution in [0.5, 0.6) is 11.5 Å². The average Bonchev–Trinajstić information content (AvgIpc) is 2.60. The maximum atomic E-state index is 12.8. The van der Waals surface area contributed by atoms with Crippen molar-refractivity contribution in [3.63, 3.8) is 0 Å². The molecule has 2 rings (SSSR count). The average molecular weight is 418 g/mol. The number of methoxy groups -OCH3 is 1. The zero-order valence-electron chi connectivity index (χ0n) is 14.9. The molecule has 2 N–H and O–H groups in total. The van der Waals surface area contributed by atoms with Crippen LogP contribution in [-0.2, 0) is 16.6 Å². The van der Waals surface area contributed by atoms with E-state index in [9.17, 15) is 26.4 Å². The van der Waals surface area contributed by atoms with E-state index in [0.29, 0.717) is 0 Å². The number of amides is 1. The Labute approximate surface area is 159 Å². The molecule has 0 heterocycles. The molecule has 0 aliphatic heterocycles. The molecule has 0 spiro atoms. The van der Waals surface area contributed by atoms with Crippen molar-refractivity contribution >= 4 is 15.9 Å². The lowest BCUT2D eigenvalue weighted by Gasteiger charge is -2.21. The van der Waals surface area contributed by atoms with E-state index in [1.165, 1.54) is 44.5 Å². The molecular formula is C17H17F3N2O5S. The van der Waals surface area contributed by atoms with Crippen LogP contribution in [0.15, 0.2) is 47.4 Å². The molecule has 0 aliphatic rings. The Morgan fingerprint density at radius 2 is 1.79 bits per heavy atom. The van der Waals surface area contributed by atoms with Crippen molar-refractivity contribution in [1.82, 2.24) is 4.90 Å². The molecule has 28 heavy (non-hydrogen) atoms. The van der Waals surface area contributed by atoms with Crippen molar-refractivity contribution in [2.24, 2.45) is 5.14 Å². The molecule has 2 aromatic rings. The summed E-state index contributed by atoms with van der Waals surface area (Å²) in [6.07, 6.45) is -4.88. The summed E-state index contributed by atoms with van der Waals surface area (Å²) >= 11 is 0. The number of ether oxygens (including phenoxy) is 2. The highest BCUT2D eigenvalue weighted by molar-refractivity contribution is 7.89. The highest BCUT2D eigenvalue weighted by atomic mass is 32.2. The first-order valence-corrected chi connectivity index (χ1v) is 9.27. The molecule has 7 nitrogen and oxygen atoms in total. The zero-order valence-corrected chi connectivity index (χ0v) is 15.7. The molecule has 1 amide bonds. The smallest absolute Gasteiger partial charge is 0.496 e. The Morgan fingerprint density at radius 3 is 2.36 bits per heavy atom. The fraction of sp³-hybridized carbons (Fsp3) is 0.235. The molecular weight excluding hydrogens is 401 g/mol. The third-order valence-corrected chi connectivity index (χ3v) is 4.59. The van der Waals surface area contributed by atoms with E-state index in [1.54, 1.807) is 0 Å². The summed E-state index contributed by atoms with van der Waals surface area (Å²) in [7, 11) is -1.44. The minimum Gasteiger partial charge on any atom is -0.496 e. The lowest BCUT2D eigenvalue weighted by atomic mass is 10.1. The zero-order chi connectivity index (χ0) is 21.1. The van der Waals surface area contributed by atoms with Crippen molar-refractivity contribution in [1.29, 1.82) is 0 Å². The van der Waals surface area contributed by atoms with Gasteiger partial charge in [0.15, 0.2) is 0 Å². The highest BCUT2D eigenvalue weighted by Crippen LogP contribution is 2.28. The van der Waals surface area contributed by atoms with Crippen molar-refractivity contribution < 1.29 is 35.9 Å². The summed E-state index contributed by atoms with van der Waals surface area (Å²) in [6, 6.07) is 8.86. The predicted molar refractivity (Wildman–Crippen MR) is 93.3 cm³/mol. The summed E-state index contributed by atoms with van der Waals surface area (Å²) < 4.78 is 69.8. The minimum atomic E-state index is -4.88. The number of benzene rings is 2. The molecule has 0 saturated carbocycles. The highest BCUT2D eigenvalue weighted by Gasteiger charge is 2.32. The number of nitrogens with zero attached hydrogens (tertiary/aromatic N) is 1. The number of primary sulfonamides is 1. The van der Waals surface area contributed by atoms with Crippen molar-refractivity contribution in [2.45, 2.75) is 17.8 Å². The number of sulfonamides is 1. The second kappa shape index (κ2) is 8.07. The number of rotatable bonds is 6. The van der Waals surface area contributed by atoms with Gasteiger partial charge in [-0.25, -0.2) is 13.6 Å². The van der Waals surface area contributed by atoms with Gasteiger partial charge >= 0.3 is 6.36 Å². The van der Waals surface area contributed by atoms with Crippen molar-refractivity contribution in [3.8, 4) is 11.5 Å². The Hall–Kier alpha value is -2.79. The van der Waals surface area contributed by atoms with Gasteiger partial charge in [0.2, 0.25) is 10.0 Å². The number of hydrogen-bond acceptors (Lipinski definition) is 5. The van der Waals surface area contributed by atoms with Crippen LogP contribution in [0.2, 0.25) is 0 Å². The van der Waals surface area contributed by atoms with Gasteiger partial charge in [0.25, 0.3) is 5.91 Å². The molecule has 152 valence electrons. The van der Waals surface area contributed by atoms with E-state index in [4.69, 9.17) is 9.88 Å². The van der Waals surface area contributed by atoms with Crippen LogP contribution in [0, 0.1) is 0 Å². The fourth-order valence-electron chi connectivity index (χ4n) is 2.42. The molecule has 0 fully saturated rings. The molecule has 0 atom stereocenters. The van der Waals surface area contributed by atoms with Crippen LogP contribution in [0.1, 0.15) is 15.9 Å². The van der Waals surface area contributed by atoms with Gasteiger partial charge in [0.05, 0.1) is 17.6 Å². The van der Waals surface area contributed by atoms with E-state index in [0.717, 1.165) is 17.0 Å². The number of carbonyl (C=O) groups is 1. The number of halogens is 3. The molecule has 0 aromatic heterocycles.